The monoisotopic (exact) mass is 957 g/mol. The Hall–Kier alpha value is -3.93. The fourth-order valence-electron chi connectivity index (χ4n) is 7.59. The standard InChI is InChI=1S/C63H104O6/c1-4-7-10-13-16-19-22-25-28-30-32-34-35-38-41-44-47-50-53-56-62(65)68-59-60(58-67-61(64)55-52-49-46-43-40-37-27-24-21-18-15-12-9-6-3)69-63(66)57-54-51-48-45-42-39-36-33-31-29-26-23-20-17-14-11-8-5-2/h7,9-10,12,16,18-19,21,23,25-26,28-29,31-34,36,60H,4-6,8,11,13-15,17,20,22,24,27,30,35,37-59H2,1-3H3/b10-7-,12-9-,19-16-,21-18-,26-23-,28-25-,31-29-,34-32-,36-33-. The first-order chi connectivity index (χ1) is 34.0. The number of rotatable bonds is 50. The number of allylic oxidation sites excluding steroid dienone is 18. The average Bonchev–Trinajstić information content (AvgIpc) is 3.35. The molecule has 0 N–H and O–H groups in total. The van der Waals surface area contributed by atoms with Gasteiger partial charge in [-0.3, -0.25) is 14.4 Å². The van der Waals surface area contributed by atoms with Gasteiger partial charge < -0.3 is 14.2 Å². The van der Waals surface area contributed by atoms with Gasteiger partial charge in [0, 0.05) is 19.3 Å². The summed E-state index contributed by atoms with van der Waals surface area (Å²) in [5.74, 6) is -0.939. The van der Waals surface area contributed by atoms with Crippen molar-refractivity contribution in [2.75, 3.05) is 13.2 Å². The fraction of sp³-hybridized carbons (Fsp3) is 0.667. The Kier molecular flexibility index (Phi) is 53.4. The van der Waals surface area contributed by atoms with Gasteiger partial charge in [0.05, 0.1) is 0 Å². The molecule has 0 amide bonds. The highest BCUT2D eigenvalue weighted by Gasteiger charge is 2.19. The van der Waals surface area contributed by atoms with E-state index in [1.165, 1.54) is 70.6 Å². The first kappa shape index (κ1) is 65.1. The van der Waals surface area contributed by atoms with Crippen LogP contribution in [0, 0.1) is 0 Å². The summed E-state index contributed by atoms with van der Waals surface area (Å²) in [7, 11) is 0. The van der Waals surface area contributed by atoms with Crippen LogP contribution in [-0.2, 0) is 28.6 Å². The third kappa shape index (κ3) is 54.9. The molecule has 0 rings (SSSR count). The molecule has 0 aromatic rings. The molecule has 392 valence electrons. The summed E-state index contributed by atoms with van der Waals surface area (Å²) in [6.45, 7) is 6.37. The topological polar surface area (TPSA) is 78.9 Å². The van der Waals surface area contributed by atoms with Gasteiger partial charge in [-0.25, -0.2) is 0 Å². The Labute approximate surface area is 425 Å². The summed E-state index contributed by atoms with van der Waals surface area (Å²) in [6, 6.07) is 0. The summed E-state index contributed by atoms with van der Waals surface area (Å²) in [4.78, 5) is 38.2. The van der Waals surface area contributed by atoms with Gasteiger partial charge in [-0.15, -0.1) is 0 Å². The normalized spacial score (nSPS) is 12.9. The summed E-state index contributed by atoms with van der Waals surface area (Å²) < 4.78 is 16.8. The van der Waals surface area contributed by atoms with Gasteiger partial charge in [-0.2, -0.15) is 0 Å². The Morgan fingerprint density at radius 2 is 0.623 bits per heavy atom. The van der Waals surface area contributed by atoms with Gasteiger partial charge >= 0.3 is 17.9 Å². The highest BCUT2D eigenvalue weighted by molar-refractivity contribution is 5.71. The van der Waals surface area contributed by atoms with E-state index in [1.807, 2.05) is 0 Å². The maximum atomic E-state index is 12.9. The van der Waals surface area contributed by atoms with E-state index in [0.29, 0.717) is 19.3 Å². The molecule has 0 aromatic carbocycles. The van der Waals surface area contributed by atoms with Gasteiger partial charge in [0.25, 0.3) is 0 Å². The second kappa shape index (κ2) is 56.7. The van der Waals surface area contributed by atoms with Gasteiger partial charge in [0.15, 0.2) is 6.10 Å². The molecule has 0 heterocycles. The Morgan fingerprint density at radius 1 is 0.319 bits per heavy atom. The number of unbranched alkanes of at least 4 members (excludes halogenated alkanes) is 23. The Bertz CT molecular complexity index is 1420. The highest BCUT2D eigenvalue weighted by Crippen LogP contribution is 2.14. The molecule has 0 aromatic heterocycles. The molecule has 0 saturated carbocycles. The summed E-state index contributed by atoms with van der Waals surface area (Å²) >= 11 is 0. The molecule has 0 aliphatic carbocycles. The third-order valence-electron chi connectivity index (χ3n) is 11.8. The molecule has 0 radical (unpaired) electrons. The van der Waals surface area contributed by atoms with Crippen LogP contribution in [0.25, 0.3) is 0 Å². The zero-order valence-corrected chi connectivity index (χ0v) is 44.8. The van der Waals surface area contributed by atoms with Crippen LogP contribution in [0.15, 0.2) is 109 Å². The van der Waals surface area contributed by atoms with Gasteiger partial charge in [0.1, 0.15) is 13.2 Å². The lowest BCUT2D eigenvalue weighted by Crippen LogP contribution is -2.30. The van der Waals surface area contributed by atoms with Crippen molar-refractivity contribution in [3.63, 3.8) is 0 Å². The number of ether oxygens (including phenoxy) is 3. The van der Waals surface area contributed by atoms with Crippen LogP contribution in [-0.4, -0.2) is 37.2 Å². The molecule has 6 heteroatoms. The fourth-order valence-corrected chi connectivity index (χ4v) is 7.59. The lowest BCUT2D eigenvalue weighted by Gasteiger charge is -2.18. The quantitative estimate of drug-likeness (QED) is 0.0199. The van der Waals surface area contributed by atoms with Crippen molar-refractivity contribution in [2.24, 2.45) is 0 Å². The van der Waals surface area contributed by atoms with E-state index >= 15 is 0 Å². The van der Waals surface area contributed by atoms with Gasteiger partial charge in [-0.1, -0.05) is 233 Å². The van der Waals surface area contributed by atoms with Crippen LogP contribution < -0.4 is 0 Å². The molecule has 0 bridgehead atoms. The first-order valence-corrected chi connectivity index (χ1v) is 28.4. The molecule has 6 nitrogen and oxygen atoms in total. The van der Waals surface area contributed by atoms with Crippen LogP contribution in [0.4, 0.5) is 0 Å². The number of esters is 3. The summed E-state index contributed by atoms with van der Waals surface area (Å²) in [5.41, 5.74) is 0. The zero-order valence-electron chi connectivity index (χ0n) is 44.8. The van der Waals surface area contributed by atoms with Crippen LogP contribution in [0.5, 0.6) is 0 Å². The van der Waals surface area contributed by atoms with E-state index in [-0.39, 0.29) is 31.1 Å². The molecule has 0 spiro atoms. The van der Waals surface area contributed by atoms with E-state index < -0.39 is 6.10 Å². The molecule has 0 fully saturated rings. The van der Waals surface area contributed by atoms with Crippen LogP contribution >= 0.6 is 0 Å². The first-order valence-electron chi connectivity index (χ1n) is 28.4. The van der Waals surface area contributed by atoms with Crippen LogP contribution in [0.3, 0.4) is 0 Å². The lowest BCUT2D eigenvalue weighted by atomic mass is 10.1. The van der Waals surface area contributed by atoms with Crippen molar-refractivity contribution < 1.29 is 28.6 Å². The number of carbonyl (C=O) groups excluding carboxylic acids is 3. The zero-order chi connectivity index (χ0) is 50.0. The predicted octanol–water partition coefficient (Wildman–Crippen LogP) is 19.1. The molecule has 1 unspecified atom stereocenters. The molecular weight excluding hydrogens is 853 g/mol. The van der Waals surface area contributed by atoms with E-state index in [1.54, 1.807) is 0 Å². The van der Waals surface area contributed by atoms with Crippen LogP contribution in [0.1, 0.15) is 252 Å². The van der Waals surface area contributed by atoms with Crippen molar-refractivity contribution >= 4 is 17.9 Å². The van der Waals surface area contributed by atoms with E-state index in [2.05, 4.69) is 130 Å². The molecular formula is C63H104O6. The number of hydrogen-bond donors (Lipinski definition) is 0. The van der Waals surface area contributed by atoms with E-state index in [4.69, 9.17) is 14.2 Å². The third-order valence-corrected chi connectivity index (χ3v) is 11.8. The van der Waals surface area contributed by atoms with Crippen molar-refractivity contribution in [3.05, 3.63) is 109 Å². The van der Waals surface area contributed by atoms with Crippen molar-refractivity contribution in [1.82, 2.24) is 0 Å². The molecule has 0 aliphatic rings. The van der Waals surface area contributed by atoms with Crippen LogP contribution in [0.2, 0.25) is 0 Å². The van der Waals surface area contributed by atoms with Crippen molar-refractivity contribution in [3.8, 4) is 0 Å². The average molecular weight is 958 g/mol. The molecule has 69 heavy (non-hydrogen) atoms. The minimum absolute atomic E-state index is 0.0970. The SMILES string of the molecule is CC/C=C\C/C=C\C/C=C\C/C=C\CCCCCCCCC(=O)OCC(COC(=O)CCCCCCCCC/C=C\C/C=C\CC)OC(=O)CCCCCCC\C=C/C=C\C=C/CCCCCCC. The molecule has 0 aliphatic heterocycles. The van der Waals surface area contributed by atoms with Crippen molar-refractivity contribution in [1.29, 1.82) is 0 Å². The minimum atomic E-state index is -0.801. The highest BCUT2D eigenvalue weighted by atomic mass is 16.6. The summed E-state index contributed by atoms with van der Waals surface area (Å²) in [6.07, 6.45) is 76.4. The van der Waals surface area contributed by atoms with E-state index in [0.717, 1.165) is 141 Å². The largest absolute Gasteiger partial charge is 0.462 e. The maximum Gasteiger partial charge on any atom is 0.306 e. The minimum Gasteiger partial charge on any atom is -0.462 e. The maximum absolute atomic E-state index is 12.9. The van der Waals surface area contributed by atoms with E-state index in [9.17, 15) is 14.4 Å². The smallest absolute Gasteiger partial charge is 0.306 e. The number of carbonyl (C=O) groups is 3. The summed E-state index contributed by atoms with van der Waals surface area (Å²) in [5, 5.41) is 0. The Morgan fingerprint density at radius 3 is 1.00 bits per heavy atom. The van der Waals surface area contributed by atoms with Crippen molar-refractivity contribution in [2.45, 2.75) is 258 Å². The second-order valence-corrected chi connectivity index (χ2v) is 18.5. The Balaban J connectivity index is 4.47. The predicted molar refractivity (Wildman–Crippen MR) is 297 cm³/mol. The second-order valence-electron chi connectivity index (χ2n) is 18.5. The molecule has 0 saturated heterocycles. The van der Waals surface area contributed by atoms with Gasteiger partial charge in [-0.05, 0) is 109 Å². The molecule has 1 atom stereocenters. The number of hydrogen-bond acceptors (Lipinski definition) is 6. The lowest BCUT2D eigenvalue weighted by molar-refractivity contribution is -0.167. The van der Waals surface area contributed by atoms with Gasteiger partial charge in [0.2, 0.25) is 0 Å².